The van der Waals surface area contributed by atoms with Crippen LogP contribution in [0.4, 0.5) is 16.3 Å². The lowest BCUT2D eigenvalue weighted by Crippen LogP contribution is -2.64. The van der Waals surface area contributed by atoms with Gasteiger partial charge in [0.2, 0.25) is 18.3 Å². The lowest BCUT2D eigenvalue weighted by molar-refractivity contribution is -0.282. The van der Waals surface area contributed by atoms with Crippen LogP contribution in [0.15, 0.2) is 42.9 Å². The first-order valence-electron chi connectivity index (χ1n) is 17.6. The highest BCUT2D eigenvalue weighted by molar-refractivity contribution is 6.01. The Morgan fingerprint density at radius 3 is 2.27 bits per heavy atom. The number of carbonyl (C=O) groups excluding carboxylic acids is 6. The van der Waals surface area contributed by atoms with Gasteiger partial charge in [0.1, 0.15) is 24.3 Å². The molecule has 0 bridgehead atoms. The number of ether oxygens (including phenoxy) is 6. The van der Waals surface area contributed by atoms with Crippen LogP contribution in [0.5, 0.6) is 5.75 Å². The third-order valence-electron chi connectivity index (χ3n) is 9.59. The van der Waals surface area contributed by atoms with Crippen LogP contribution in [0.3, 0.4) is 0 Å². The average molecular weight is 778 g/mol. The molecule has 3 aromatic rings. The summed E-state index contributed by atoms with van der Waals surface area (Å²) in [5.74, 6) is -3.01. The lowest BCUT2D eigenvalue weighted by atomic mass is 9.92. The maximum absolute atomic E-state index is 14.2. The van der Waals surface area contributed by atoms with Gasteiger partial charge in [-0.25, -0.2) is 19.6 Å². The number of hydrogen-bond donors (Lipinski definition) is 0. The molecule has 2 fully saturated rings. The van der Waals surface area contributed by atoms with E-state index in [2.05, 4.69) is 16.9 Å². The summed E-state index contributed by atoms with van der Waals surface area (Å²) < 4.78 is 34.6. The molecule has 2 aliphatic heterocycles. The minimum Gasteiger partial charge on any atom is -0.467 e. The van der Waals surface area contributed by atoms with Gasteiger partial charge in [-0.3, -0.25) is 28.6 Å². The van der Waals surface area contributed by atoms with Crippen LogP contribution in [0.2, 0.25) is 0 Å². The van der Waals surface area contributed by atoms with Gasteiger partial charge < -0.3 is 38.2 Å². The average Bonchev–Trinajstić information content (AvgIpc) is 3.60. The van der Waals surface area contributed by atoms with E-state index in [1.807, 2.05) is 18.0 Å². The Labute approximate surface area is 321 Å². The summed E-state index contributed by atoms with van der Waals surface area (Å²) in [6, 6.07) is 9.26. The molecule has 2 amide bonds. The van der Waals surface area contributed by atoms with Crippen molar-refractivity contribution >= 4 is 58.4 Å². The summed E-state index contributed by atoms with van der Waals surface area (Å²) in [5.41, 5.74) is 0.500. The zero-order valence-corrected chi connectivity index (χ0v) is 31.9. The molecular formula is C37H43N7O12. The number of nitrogens with zero attached hydrogens (tertiary/aromatic N) is 7. The number of anilines is 2. The van der Waals surface area contributed by atoms with Crippen LogP contribution >= 0.6 is 0 Å². The number of hydrogen-bond acceptors (Lipinski definition) is 16. The second-order valence-corrected chi connectivity index (χ2v) is 13.3. The van der Waals surface area contributed by atoms with E-state index < -0.39 is 60.6 Å². The Morgan fingerprint density at radius 2 is 1.61 bits per heavy atom. The van der Waals surface area contributed by atoms with Crippen molar-refractivity contribution in [1.29, 1.82) is 5.26 Å². The van der Waals surface area contributed by atoms with Crippen molar-refractivity contribution in [2.75, 3.05) is 44.1 Å². The zero-order chi connectivity index (χ0) is 40.8. The number of esters is 4. The molecule has 0 radical (unpaired) electrons. The van der Waals surface area contributed by atoms with E-state index in [0.29, 0.717) is 29.9 Å². The maximum Gasteiger partial charge on any atom is 0.339 e. The van der Waals surface area contributed by atoms with Gasteiger partial charge in [0.25, 0.3) is 0 Å². The Bertz CT molecular complexity index is 2030. The standard InChI is InChI=1S/C37H43N7O12/c1-20-13-16-43(28(48)12-15-38)18-26(20)41(5)33-24-14-17-44(34(24)40-19-39-33)37(50)42(6)25-10-8-9-11-27(25)55-36-32(54-23(4)47)30(53-22(3)46)29(52-21(2)45)31(56-36)35(49)51-7/h8-11,14,17,19-20,26,29-32,36H,12-13,16,18H2,1-7H3/t20-,26?,29+,30+,31+,32-,36-/m1/s1. The Morgan fingerprint density at radius 1 is 0.946 bits per heavy atom. The number of carbonyl (C=O) groups is 6. The van der Waals surface area contributed by atoms with Gasteiger partial charge in [-0.15, -0.1) is 0 Å². The van der Waals surface area contributed by atoms with E-state index in [9.17, 15) is 28.8 Å². The lowest BCUT2D eigenvalue weighted by Gasteiger charge is -2.43. The van der Waals surface area contributed by atoms with Crippen LogP contribution in [0.25, 0.3) is 11.0 Å². The van der Waals surface area contributed by atoms with Crippen molar-refractivity contribution in [2.45, 2.75) is 77.3 Å². The van der Waals surface area contributed by atoms with Crippen molar-refractivity contribution in [3.8, 4) is 11.8 Å². The fourth-order valence-electron chi connectivity index (χ4n) is 6.89. The number of methoxy groups -OCH3 is 1. The largest absolute Gasteiger partial charge is 0.467 e. The van der Waals surface area contributed by atoms with Crippen molar-refractivity contribution in [1.82, 2.24) is 19.4 Å². The van der Waals surface area contributed by atoms with E-state index in [0.717, 1.165) is 34.3 Å². The molecule has 7 atom stereocenters. The third-order valence-corrected chi connectivity index (χ3v) is 9.59. The third kappa shape index (κ3) is 8.65. The predicted molar refractivity (Wildman–Crippen MR) is 194 cm³/mol. The molecule has 19 nitrogen and oxygen atoms in total. The summed E-state index contributed by atoms with van der Waals surface area (Å²) in [5, 5.41) is 9.62. The van der Waals surface area contributed by atoms with Gasteiger partial charge in [0.15, 0.2) is 24.0 Å². The highest BCUT2D eigenvalue weighted by Gasteiger charge is 2.56. The fraction of sp³-hybridized carbons (Fsp3) is 0.486. The number of rotatable bonds is 10. The molecule has 2 aromatic heterocycles. The normalized spacial score (nSPS) is 23.2. The molecule has 2 saturated heterocycles. The van der Waals surface area contributed by atoms with Crippen LogP contribution in [-0.4, -0.2) is 126 Å². The molecule has 1 unspecified atom stereocenters. The quantitative estimate of drug-likeness (QED) is 0.213. The minimum atomic E-state index is -1.69. The molecule has 56 heavy (non-hydrogen) atoms. The number of likely N-dealkylation sites (tertiary alicyclic amines) is 1. The molecule has 1 aromatic carbocycles. The smallest absolute Gasteiger partial charge is 0.339 e. The van der Waals surface area contributed by atoms with Gasteiger partial charge >= 0.3 is 29.9 Å². The predicted octanol–water partition coefficient (Wildman–Crippen LogP) is 2.19. The van der Waals surface area contributed by atoms with E-state index in [1.54, 1.807) is 35.4 Å². The second kappa shape index (κ2) is 17.5. The molecular weight excluding hydrogens is 734 g/mol. The van der Waals surface area contributed by atoms with E-state index in [4.69, 9.17) is 33.7 Å². The van der Waals surface area contributed by atoms with E-state index >= 15 is 0 Å². The molecule has 0 aliphatic carbocycles. The minimum absolute atomic E-state index is 0.0231. The van der Waals surface area contributed by atoms with Crippen LogP contribution in [0.1, 0.15) is 40.5 Å². The monoisotopic (exact) mass is 777 g/mol. The molecule has 4 heterocycles. The maximum atomic E-state index is 14.2. The van der Waals surface area contributed by atoms with Crippen molar-refractivity contribution in [3.63, 3.8) is 0 Å². The van der Waals surface area contributed by atoms with Gasteiger partial charge in [-0.1, -0.05) is 19.1 Å². The van der Waals surface area contributed by atoms with E-state index in [-0.39, 0.29) is 35.7 Å². The number of likely N-dealkylation sites (N-methyl/N-ethyl adjacent to an activating group) is 1. The highest BCUT2D eigenvalue weighted by Crippen LogP contribution is 2.36. The molecule has 0 N–H and O–H groups in total. The number of aromatic nitrogens is 3. The van der Waals surface area contributed by atoms with Gasteiger partial charge in [0.05, 0.1) is 30.3 Å². The Kier molecular flexibility index (Phi) is 12.7. The molecule has 0 saturated carbocycles. The summed E-state index contributed by atoms with van der Waals surface area (Å²) in [7, 11) is 4.42. The number of nitriles is 1. The SMILES string of the molecule is COC(=O)[C@H]1O[C@@H](Oc2ccccc2N(C)C(=O)n2ccc3c(N(C)C4CN(C(=O)CC#N)CC[C@H]4C)ncnc32)[C@H](OC(C)=O)[C@@H](OC(C)=O)[C@@H]1OC(C)=O. The van der Waals surface area contributed by atoms with E-state index in [1.165, 1.54) is 28.9 Å². The van der Waals surface area contributed by atoms with Crippen molar-refractivity contribution in [3.05, 3.63) is 42.9 Å². The Hall–Kier alpha value is -6.29. The first kappa shape index (κ1) is 40.9. The van der Waals surface area contributed by atoms with Crippen LogP contribution < -0.4 is 14.5 Å². The summed E-state index contributed by atoms with van der Waals surface area (Å²) in [4.78, 5) is 90.2. The number of piperidine rings is 1. The van der Waals surface area contributed by atoms with Crippen molar-refractivity contribution in [2.24, 2.45) is 5.92 Å². The molecule has 0 spiro atoms. The molecule has 5 rings (SSSR count). The molecule has 19 heteroatoms. The first-order chi connectivity index (χ1) is 26.7. The second-order valence-electron chi connectivity index (χ2n) is 13.3. The topological polar surface area (TPSA) is 222 Å². The zero-order valence-electron chi connectivity index (χ0n) is 31.9. The summed E-state index contributed by atoms with van der Waals surface area (Å²) >= 11 is 0. The van der Waals surface area contributed by atoms with Gasteiger partial charge in [-0.2, -0.15) is 5.26 Å². The van der Waals surface area contributed by atoms with Gasteiger partial charge in [0, 0.05) is 54.2 Å². The molecule has 2 aliphatic rings. The summed E-state index contributed by atoms with van der Waals surface area (Å²) in [6.07, 6.45) is -4.65. The molecule has 298 valence electrons. The van der Waals surface area contributed by atoms with Crippen molar-refractivity contribution < 1.29 is 57.2 Å². The summed E-state index contributed by atoms with van der Waals surface area (Å²) in [6.45, 7) is 6.28. The van der Waals surface area contributed by atoms with Crippen LogP contribution in [0, 0.1) is 17.2 Å². The number of fused-ring (bicyclic) bond motifs is 1. The highest BCUT2D eigenvalue weighted by atomic mass is 16.7. The Balaban J connectivity index is 1.46. The first-order valence-corrected chi connectivity index (χ1v) is 17.6. The van der Waals surface area contributed by atoms with Crippen LogP contribution in [-0.2, 0) is 47.7 Å². The number of para-hydroxylation sites is 2. The van der Waals surface area contributed by atoms with Gasteiger partial charge in [-0.05, 0) is 30.5 Å². The fourth-order valence-corrected chi connectivity index (χ4v) is 6.89. The number of benzene rings is 1. The number of amides is 2.